The van der Waals surface area contributed by atoms with Crippen LogP contribution in [0.4, 0.5) is 4.39 Å². The summed E-state index contributed by atoms with van der Waals surface area (Å²) >= 11 is 0. The molecule has 0 aliphatic rings. The summed E-state index contributed by atoms with van der Waals surface area (Å²) < 4.78 is 13.0. The first-order chi connectivity index (χ1) is 7.99. The summed E-state index contributed by atoms with van der Waals surface area (Å²) in [5, 5.41) is 18.1. The van der Waals surface area contributed by atoms with E-state index in [2.05, 4.69) is 4.98 Å². The Labute approximate surface area is 94.5 Å². The third-order valence-corrected chi connectivity index (χ3v) is 2.41. The van der Waals surface area contributed by atoms with Gasteiger partial charge >= 0.3 is 11.9 Å². The van der Waals surface area contributed by atoms with E-state index in [4.69, 9.17) is 10.2 Å². The number of hydrogen-bond donors (Lipinski definition) is 3. The van der Waals surface area contributed by atoms with Crippen LogP contribution in [0.3, 0.4) is 0 Å². The summed E-state index contributed by atoms with van der Waals surface area (Å²) in [5.74, 6) is -2.92. The van der Waals surface area contributed by atoms with Gasteiger partial charge in [0.25, 0.3) is 0 Å². The number of H-pyrrole nitrogens is 1. The molecule has 2 rings (SSSR count). The Morgan fingerprint density at radius 1 is 1.29 bits per heavy atom. The molecule has 0 atom stereocenters. The van der Waals surface area contributed by atoms with Crippen molar-refractivity contribution in [1.82, 2.24) is 4.98 Å². The van der Waals surface area contributed by atoms with E-state index in [1.165, 1.54) is 6.07 Å². The number of hydrogen-bond acceptors (Lipinski definition) is 2. The van der Waals surface area contributed by atoms with Crippen LogP contribution >= 0.6 is 0 Å². The summed E-state index contributed by atoms with van der Waals surface area (Å²) in [4.78, 5) is 24.1. The summed E-state index contributed by atoms with van der Waals surface area (Å²) in [7, 11) is 0. The van der Waals surface area contributed by atoms with Crippen molar-refractivity contribution >= 4 is 22.8 Å². The zero-order valence-electron chi connectivity index (χ0n) is 8.53. The van der Waals surface area contributed by atoms with Crippen molar-refractivity contribution < 1.29 is 24.2 Å². The Balaban J connectivity index is 2.71. The second-order valence-electron chi connectivity index (χ2n) is 3.54. The minimum Gasteiger partial charge on any atom is -0.481 e. The molecule has 1 heterocycles. The number of carboxylic acids is 2. The van der Waals surface area contributed by atoms with E-state index in [1.54, 1.807) is 0 Å². The highest BCUT2D eigenvalue weighted by molar-refractivity contribution is 5.99. The molecule has 0 saturated carbocycles. The largest absolute Gasteiger partial charge is 0.481 e. The predicted octanol–water partition coefficient (Wildman–Crippen LogP) is 1.63. The highest BCUT2D eigenvalue weighted by Gasteiger charge is 2.19. The van der Waals surface area contributed by atoms with Gasteiger partial charge in [-0.1, -0.05) is 0 Å². The molecule has 17 heavy (non-hydrogen) atoms. The van der Waals surface area contributed by atoms with Gasteiger partial charge in [-0.05, 0) is 18.2 Å². The number of carbonyl (C=O) groups is 2. The monoisotopic (exact) mass is 237 g/mol. The third-order valence-electron chi connectivity index (χ3n) is 2.41. The van der Waals surface area contributed by atoms with E-state index < -0.39 is 24.2 Å². The van der Waals surface area contributed by atoms with Gasteiger partial charge < -0.3 is 15.2 Å². The lowest BCUT2D eigenvalue weighted by molar-refractivity contribution is -0.136. The third kappa shape index (κ3) is 1.96. The van der Waals surface area contributed by atoms with Crippen LogP contribution in [0.1, 0.15) is 16.1 Å². The maximum absolute atomic E-state index is 13.0. The average molecular weight is 237 g/mol. The van der Waals surface area contributed by atoms with Gasteiger partial charge in [0.05, 0.1) is 6.42 Å². The zero-order valence-corrected chi connectivity index (χ0v) is 8.53. The number of rotatable bonds is 3. The molecule has 3 N–H and O–H groups in total. The Morgan fingerprint density at radius 2 is 2.00 bits per heavy atom. The molecule has 88 valence electrons. The quantitative estimate of drug-likeness (QED) is 0.756. The summed E-state index contributed by atoms with van der Waals surface area (Å²) in [5.41, 5.74) is 0.214. The van der Waals surface area contributed by atoms with Crippen molar-refractivity contribution in [3.05, 3.63) is 35.3 Å². The van der Waals surface area contributed by atoms with Crippen LogP contribution in [-0.4, -0.2) is 27.1 Å². The van der Waals surface area contributed by atoms with Crippen molar-refractivity contribution in [3.63, 3.8) is 0 Å². The van der Waals surface area contributed by atoms with Gasteiger partial charge in [0.2, 0.25) is 0 Å². The number of benzene rings is 1. The maximum Gasteiger partial charge on any atom is 0.352 e. The molecule has 6 heteroatoms. The Morgan fingerprint density at radius 3 is 2.59 bits per heavy atom. The minimum absolute atomic E-state index is 0.153. The van der Waals surface area contributed by atoms with Gasteiger partial charge in [-0.15, -0.1) is 0 Å². The first-order valence-corrected chi connectivity index (χ1v) is 4.74. The summed E-state index contributed by atoms with van der Waals surface area (Å²) in [6.07, 6.45) is -0.423. The number of carboxylic acid groups (broad SMARTS) is 2. The number of aromatic nitrogens is 1. The van der Waals surface area contributed by atoms with E-state index in [1.807, 2.05) is 0 Å². The smallest absolute Gasteiger partial charge is 0.352 e. The molecule has 0 amide bonds. The van der Waals surface area contributed by atoms with E-state index in [9.17, 15) is 14.0 Å². The fourth-order valence-corrected chi connectivity index (χ4v) is 1.75. The van der Waals surface area contributed by atoms with E-state index >= 15 is 0 Å². The number of aromatic carboxylic acids is 1. The van der Waals surface area contributed by atoms with E-state index in [0.717, 1.165) is 12.1 Å². The second kappa shape index (κ2) is 3.89. The van der Waals surface area contributed by atoms with Crippen LogP contribution in [0.25, 0.3) is 10.9 Å². The molecule has 5 nitrogen and oxygen atoms in total. The molecule has 0 fully saturated rings. The minimum atomic E-state index is -1.27. The van der Waals surface area contributed by atoms with Crippen molar-refractivity contribution in [2.45, 2.75) is 6.42 Å². The fourth-order valence-electron chi connectivity index (χ4n) is 1.75. The van der Waals surface area contributed by atoms with Crippen molar-refractivity contribution in [2.24, 2.45) is 0 Å². The lowest BCUT2D eigenvalue weighted by atomic mass is 10.1. The summed E-state index contributed by atoms with van der Waals surface area (Å²) in [6.45, 7) is 0. The predicted molar refractivity (Wildman–Crippen MR) is 56.6 cm³/mol. The molecule has 0 saturated heterocycles. The van der Waals surface area contributed by atoms with Gasteiger partial charge in [0.15, 0.2) is 0 Å². The number of fused-ring (bicyclic) bond motifs is 1. The zero-order chi connectivity index (χ0) is 12.6. The van der Waals surface area contributed by atoms with Crippen molar-refractivity contribution in [1.29, 1.82) is 0 Å². The molecule has 0 spiro atoms. The Hall–Kier alpha value is -2.37. The molecule has 0 radical (unpaired) electrons. The molecule has 2 aromatic rings. The topological polar surface area (TPSA) is 90.4 Å². The molecule has 0 aliphatic heterocycles. The van der Waals surface area contributed by atoms with E-state index in [-0.39, 0.29) is 16.8 Å². The number of aliphatic carboxylic acids is 1. The molecule has 1 aromatic carbocycles. The lowest BCUT2D eigenvalue weighted by Gasteiger charge is -1.97. The Bertz CT molecular complexity index is 617. The molecular weight excluding hydrogens is 229 g/mol. The molecule has 0 bridgehead atoms. The summed E-state index contributed by atoms with van der Waals surface area (Å²) in [6, 6.07) is 3.66. The number of nitrogens with one attached hydrogen (secondary N) is 1. The Kier molecular flexibility index (Phi) is 2.55. The van der Waals surface area contributed by atoms with Crippen LogP contribution in [0.15, 0.2) is 18.2 Å². The molecular formula is C11H8FNO4. The standard InChI is InChI=1S/C11H8FNO4/c12-5-1-2-6-7(4-9(14)15)10(11(16)17)13-8(6)3-5/h1-3,13H,4H2,(H,14,15)(H,16,17). The van der Waals surface area contributed by atoms with Crippen LogP contribution < -0.4 is 0 Å². The maximum atomic E-state index is 13.0. The number of aromatic amines is 1. The van der Waals surface area contributed by atoms with E-state index in [0.29, 0.717) is 5.39 Å². The second-order valence-corrected chi connectivity index (χ2v) is 3.54. The van der Waals surface area contributed by atoms with Gasteiger partial charge in [-0.3, -0.25) is 4.79 Å². The fraction of sp³-hybridized carbons (Fsp3) is 0.0909. The van der Waals surface area contributed by atoms with Crippen molar-refractivity contribution in [3.8, 4) is 0 Å². The molecule has 1 aromatic heterocycles. The highest BCUT2D eigenvalue weighted by atomic mass is 19.1. The van der Waals surface area contributed by atoms with Gasteiger partial charge in [-0.25, -0.2) is 9.18 Å². The first-order valence-electron chi connectivity index (χ1n) is 4.74. The highest BCUT2D eigenvalue weighted by Crippen LogP contribution is 2.24. The molecule has 0 aliphatic carbocycles. The molecule has 0 unspecified atom stereocenters. The van der Waals surface area contributed by atoms with Gasteiger partial charge in [-0.2, -0.15) is 0 Å². The van der Waals surface area contributed by atoms with Gasteiger partial charge in [0.1, 0.15) is 11.5 Å². The van der Waals surface area contributed by atoms with Crippen molar-refractivity contribution in [2.75, 3.05) is 0 Å². The van der Waals surface area contributed by atoms with Gasteiger partial charge in [0, 0.05) is 16.5 Å². The SMILES string of the molecule is O=C(O)Cc1c(C(=O)O)[nH]c2cc(F)ccc12. The van der Waals surface area contributed by atoms with Crippen LogP contribution in [-0.2, 0) is 11.2 Å². The first kappa shape index (κ1) is 11.1. The average Bonchev–Trinajstić information content (AvgIpc) is 2.55. The lowest BCUT2D eigenvalue weighted by Crippen LogP contribution is -2.06. The van der Waals surface area contributed by atoms with Crippen LogP contribution in [0.2, 0.25) is 0 Å². The normalized spacial score (nSPS) is 10.6. The number of halogens is 1. The van der Waals surface area contributed by atoms with Crippen LogP contribution in [0.5, 0.6) is 0 Å². The van der Waals surface area contributed by atoms with Crippen LogP contribution in [0, 0.1) is 5.82 Å².